The third kappa shape index (κ3) is 3.86. The van der Waals surface area contributed by atoms with Crippen molar-refractivity contribution in [2.24, 2.45) is 0 Å². The third-order valence-corrected chi connectivity index (χ3v) is 1.88. The number of carbonyl (C=O) groups is 2. The van der Waals surface area contributed by atoms with Crippen LogP contribution in [-0.4, -0.2) is 17.1 Å². The fourth-order valence-electron chi connectivity index (χ4n) is 0.982. The number of benzene rings is 1. The van der Waals surface area contributed by atoms with Gasteiger partial charge in [0.1, 0.15) is 5.75 Å². The molecule has 90 valence electrons. The molecule has 1 rings (SSSR count). The highest BCUT2D eigenvalue weighted by Gasteiger charge is 2.05. The Morgan fingerprint density at radius 3 is 2.76 bits per heavy atom. The molecule has 0 fully saturated rings. The van der Waals surface area contributed by atoms with Crippen LogP contribution in [0.4, 0.5) is 10.5 Å². The first-order valence-corrected chi connectivity index (χ1v) is 4.73. The molecule has 0 aliphatic rings. The Labute approximate surface area is 97.9 Å². The molecule has 0 saturated carbocycles. The number of nitrogens with one attached hydrogen (secondary N) is 2. The molecule has 6 heteroatoms. The van der Waals surface area contributed by atoms with Crippen LogP contribution in [0, 0.1) is 6.92 Å². The van der Waals surface area contributed by atoms with Gasteiger partial charge in [-0.25, -0.2) is 9.59 Å². The first-order valence-electron chi connectivity index (χ1n) is 4.73. The molecule has 6 nitrogen and oxygen atoms in total. The average molecular weight is 236 g/mol. The van der Waals surface area contributed by atoms with Gasteiger partial charge in [-0.2, -0.15) is 5.48 Å². The van der Waals surface area contributed by atoms with Crippen LogP contribution in [-0.2, 0) is 9.63 Å². The Morgan fingerprint density at radius 1 is 1.47 bits per heavy atom. The smallest absolute Gasteiger partial charge is 0.355 e. The van der Waals surface area contributed by atoms with E-state index < -0.39 is 12.0 Å². The van der Waals surface area contributed by atoms with E-state index in [9.17, 15) is 14.7 Å². The van der Waals surface area contributed by atoms with Crippen molar-refractivity contribution in [1.82, 2.24) is 5.48 Å². The predicted octanol–water partition coefficient (Wildman–Crippen LogP) is 1.47. The second kappa shape index (κ2) is 5.55. The van der Waals surface area contributed by atoms with Crippen LogP contribution in [0.5, 0.6) is 5.75 Å². The Hall–Kier alpha value is -2.50. The number of rotatable bonds is 2. The largest absolute Gasteiger partial charge is 0.508 e. The number of hydrogen-bond donors (Lipinski definition) is 3. The van der Waals surface area contributed by atoms with E-state index in [0.29, 0.717) is 11.3 Å². The van der Waals surface area contributed by atoms with Crippen LogP contribution >= 0.6 is 0 Å². The van der Waals surface area contributed by atoms with E-state index in [-0.39, 0.29) is 5.75 Å². The summed E-state index contributed by atoms with van der Waals surface area (Å²) in [6.45, 7) is 4.89. The van der Waals surface area contributed by atoms with Gasteiger partial charge in [-0.15, -0.1) is 0 Å². The molecule has 0 saturated heterocycles. The second-order valence-corrected chi connectivity index (χ2v) is 3.18. The maximum absolute atomic E-state index is 11.2. The van der Waals surface area contributed by atoms with Crippen LogP contribution in [0.25, 0.3) is 0 Å². The summed E-state index contributed by atoms with van der Waals surface area (Å²) < 4.78 is 0. The SMILES string of the molecule is C=CC(=O)ONC(=O)Nc1ccc(C)c(O)c1. The summed E-state index contributed by atoms with van der Waals surface area (Å²) in [4.78, 5) is 26.2. The van der Waals surface area contributed by atoms with Gasteiger partial charge in [0.05, 0.1) is 0 Å². The fourth-order valence-corrected chi connectivity index (χ4v) is 0.982. The number of anilines is 1. The van der Waals surface area contributed by atoms with Crippen molar-refractivity contribution >= 4 is 17.7 Å². The number of aromatic hydroxyl groups is 1. The van der Waals surface area contributed by atoms with Gasteiger partial charge in [0.15, 0.2) is 0 Å². The molecule has 0 aliphatic carbocycles. The van der Waals surface area contributed by atoms with E-state index in [2.05, 4.69) is 16.7 Å². The lowest BCUT2D eigenvalue weighted by Gasteiger charge is -2.07. The van der Waals surface area contributed by atoms with Crippen molar-refractivity contribution in [3.8, 4) is 5.75 Å². The van der Waals surface area contributed by atoms with Crippen LogP contribution in [0.3, 0.4) is 0 Å². The summed E-state index contributed by atoms with van der Waals surface area (Å²) in [5.41, 5.74) is 2.93. The zero-order valence-electron chi connectivity index (χ0n) is 9.19. The first kappa shape index (κ1) is 12.6. The molecule has 1 aromatic carbocycles. The zero-order chi connectivity index (χ0) is 12.8. The van der Waals surface area contributed by atoms with E-state index in [1.807, 2.05) is 5.48 Å². The summed E-state index contributed by atoms with van der Waals surface area (Å²) in [6, 6.07) is 3.89. The van der Waals surface area contributed by atoms with Crippen molar-refractivity contribution in [3.63, 3.8) is 0 Å². The maximum Gasteiger partial charge on any atom is 0.355 e. The minimum Gasteiger partial charge on any atom is -0.508 e. The number of hydrogen-bond acceptors (Lipinski definition) is 4. The molecular formula is C11H12N2O4. The maximum atomic E-state index is 11.2. The van der Waals surface area contributed by atoms with E-state index in [4.69, 9.17) is 0 Å². The van der Waals surface area contributed by atoms with Gasteiger partial charge < -0.3 is 15.3 Å². The molecule has 1 aromatic rings. The lowest BCUT2D eigenvalue weighted by molar-refractivity contribution is -0.142. The van der Waals surface area contributed by atoms with Gasteiger partial charge in [0.25, 0.3) is 0 Å². The predicted molar refractivity (Wildman–Crippen MR) is 61.3 cm³/mol. The Balaban J connectivity index is 2.53. The van der Waals surface area contributed by atoms with Crippen molar-refractivity contribution in [3.05, 3.63) is 36.4 Å². The first-order chi connectivity index (χ1) is 8.02. The van der Waals surface area contributed by atoms with Crippen LogP contribution in [0.1, 0.15) is 5.56 Å². The summed E-state index contributed by atoms with van der Waals surface area (Å²) >= 11 is 0. The number of phenols is 1. The molecule has 0 radical (unpaired) electrons. The van der Waals surface area contributed by atoms with Crippen LogP contribution in [0.15, 0.2) is 30.9 Å². The van der Waals surface area contributed by atoms with Crippen molar-refractivity contribution in [2.45, 2.75) is 6.92 Å². The fraction of sp³-hybridized carbons (Fsp3) is 0.0909. The Morgan fingerprint density at radius 2 is 2.18 bits per heavy atom. The van der Waals surface area contributed by atoms with E-state index >= 15 is 0 Å². The van der Waals surface area contributed by atoms with Gasteiger partial charge in [-0.3, -0.25) is 0 Å². The number of carbonyl (C=O) groups excluding carboxylic acids is 2. The Bertz CT molecular complexity index is 457. The molecule has 0 aliphatic heterocycles. The molecule has 3 N–H and O–H groups in total. The number of amides is 2. The monoisotopic (exact) mass is 236 g/mol. The van der Waals surface area contributed by atoms with Gasteiger partial charge >= 0.3 is 12.0 Å². The third-order valence-electron chi connectivity index (χ3n) is 1.88. The number of aryl methyl sites for hydroxylation is 1. The lowest BCUT2D eigenvalue weighted by atomic mass is 10.2. The molecule has 0 bridgehead atoms. The summed E-state index contributed by atoms with van der Waals surface area (Å²) in [5, 5.41) is 11.8. The van der Waals surface area contributed by atoms with Gasteiger partial charge in [-0.05, 0) is 18.6 Å². The Kier molecular flexibility index (Phi) is 4.10. The standard InChI is InChI=1S/C11H12N2O4/c1-3-10(15)17-13-11(16)12-8-5-4-7(2)9(14)6-8/h3-6,14H,1H2,2H3,(H2,12,13,16). The van der Waals surface area contributed by atoms with Gasteiger partial charge in [0.2, 0.25) is 0 Å². The zero-order valence-corrected chi connectivity index (χ0v) is 9.19. The normalized spacial score (nSPS) is 9.24. The molecule has 0 atom stereocenters. The molecule has 0 aromatic heterocycles. The molecule has 0 heterocycles. The molecule has 2 amide bonds. The second-order valence-electron chi connectivity index (χ2n) is 3.18. The average Bonchev–Trinajstić information content (AvgIpc) is 2.31. The number of urea groups is 1. The topological polar surface area (TPSA) is 87.7 Å². The minimum atomic E-state index is -0.771. The van der Waals surface area contributed by atoms with E-state index in [1.165, 1.54) is 6.07 Å². The highest BCUT2D eigenvalue weighted by molar-refractivity contribution is 5.90. The van der Waals surface area contributed by atoms with Gasteiger partial charge in [-0.1, -0.05) is 12.6 Å². The summed E-state index contributed by atoms with van der Waals surface area (Å²) in [7, 11) is 0. The van der Waals surface area contributed by atoms with Crippen molar-refractivity contribution in [1.29, 1.82) is 0 Å². The number of phenolic OH excluding ortho intramolecular Hbond substituents is 1. The van der Waals surface area contributed by atoms with Crippen LogP contribution in [0.2, 0.25) is 0 Å². The highest BCUT2D eigenvalue weighted by atomic mass is 16.7. The summed E-state index contributed by atoms with van der Waals surface area (Å²) in [5.74, 6) is -0.710. The van der Waals surface area contributed by atoms with E-state index in [0.717, 1.165) is 6.08 Å². The van der Waals surface area contributed by atoms with Gasteiger partial charge in [0, 0.05) is 17.8 Å². The molecule has 0 unspecified atom stereocenters. The van der Waals surface area contributed by atoms with Crippen molar-refractivity contribution < 1.29 is 19.5 Å². The lowest BCUT2D eigenvalue weighted by Crippen LogP contribution is -2.30. The molecule has 17 heavy (non-hydrogen) atoms. The van der Waals surface area contributed by atoms with Crippen LogP contribution < -0.4 is 10.8 Å². The molecule has 0 spiro atoms. The minimum absolute atomic E-state index is 0.0610. The number of hydroxylamine groups is 1. The van der Waals surface area contributed by atoms with E-state index in [1.54, 1.807) is 19.1 Å². The highest BCUT2D eigenvalue weighted by Crippen LogP contribution is 2.20. The summed E-state index contributed by atoms with van der Waals surface area (Å²) in [6.07, 6.45) is 0.915. The molecular weight excluding hydrogens is 224 g/mol. The van der Waals surface area contributed by atoms with Crippen molar-refractivity contribution in [2.75, 3.05) is 5.32 Å². The quantitative estimate of drug-likeness (QED) is 0.536.